The molecular weight excluding hydrogens is 294 g/mol. The van der Waals surface area contributed by atoms with Crippen molar-refractivity contribution in [3.63, 3.8) is 0 Å². The summed E-state index contributed by atoms with van der Waals surface area (Å²) in [6.45, 7) is 2.11. The number of nitrogens with one attached hydrogen (secondary N) is 2. The molecular formula is C16H17N5O2. The third kappa shape index (κ3) is 2.85. The normalized spacial score (nSPS) is 12.3. The number of amides is 1. The number of fused-ring (bicyclic) bond motifs is 1. The second-order valence-electron chi connectivity index (χ2n) is 5.38. The van der Waals surface area contributed by atoms with Gasteiger partial charge in [0.1, 0.15) is 5.82 Å². The van der Waals surface area contributed by atoms with Gasteiger partial charge in [0.05, 0.1) is 23.5 Å². The highest BCUT2D eigenvalue weighted by Gasteiger charge is 2.20. The first kappa shape index (κ1) is 15.0. The smallest absolute Gasteiger partial charge is 0.272 e. The maximum atomic E-state index is 12.4. The third-order valence-electron chi connectivity index (χ3n) is 3.87. The number of imidazole rings is 1. The van der Waals surface area contributed by atoms with E-state index in [0.717, 1.165) is 5.82 Å². The minimum Gasteiger partial charge on any atom is -0.348 e. The number of H-pyrrole nitrogens is 1. The van der Waals surface area contributed by atoms with Crippen LogP contribution in [0.2, 0.25) is 0 Å². The molecule has 0 aliphatic carbocycles. The largest absolute Gasteiger partial charge is 0.348 e. The molecule has 3 aromatic rings. The first-order chi connectivity index (χ1) is 11.1. The number of carbonyl (C=O) groups excluding carboxylic acids is 1. The highest BCUT2D eigenvalue weighted by Crippen LogP contribution is 2.20. The summed E-state index contributed by atoms with van der Waals surface area (Å²) in [5.74, 6) is 0.111. The van der Waals surface area contributed by atoms with Gasteiger partial charge in [0.25, 0.3) is 5.56 Å². The average molecular weight is 311 g/mol. The molecule has 1 aromatic carbocycles. The van der Waals surface area contributed by atoms with Gasteiger partial charge < -0.3 is 9.88 Å². The lowest BCUT2D eigenvalue weighted by Gasteiger charge is -2.13. The van der Waals surface area contributed by atoms with Crippen molar-refractivity contribution < 1.29 is 4.79 Å². The summed E-state index contributed by atoms with van der Waals surface area (Å²) in [7, 11) is 1.87. The fourth-order valence-electron chi connectivity index (χ4n) is 2.48. The fraction of sp³-hybridized carbons (Fsp3) is 0.250. The number of hydrogen-bond donors (Lipinski definition) is 2. The van der Waals surface area contributed by atoms with Crippen molar-refractivity contribution >= 4 is 16.7 Å². The molecule has 1 amide bonds. The van der Waals surface area contributed by atoms with Crippen molar-refractivity contribution in [2.75, 3.05) is 0 Å². The monoisotopic (exact) mass is 311 g/mol. The number of hydrogen-bond acceptors (Lipinski definition) is 4. The molecule has 0 radical (unpaired) electrons. The molecule has 0 saturated heterocycles. The molecule has 2 aromatic heterocycles. The zero-order valence-corrected chi connectivity index (χ0v) is 12.9. The molecule has 0 aliphatic rings. The van der Waals surface area contributed by atoms with Crippen molar-refractivity contribution in [1.82, 2.24) is 25.1 Å². The predicted molar refractivity (Wildman–Crippen MR) is 85.8 cm³/mol. The number of aromatic amines is 1. The Morgan fingerprint density at radius 1 is 1.35 bits per heavy atom. The van der Waals surface area contributed by atoms with E-state index in [1.165, 1.54) is 0 Å². The Kier molecular flexibility index (Phi) is 3.92. The molecule has 7 nitrogen and oxygen atoms in total. The van der Waals surface area contributed by atoms with Gasteiger partial charge in [-0.3, -0.25) is 9.59 Å². The molecule has 0 saturated carbocycles. The second-order valence-corrected chi connectivity index (χ2v) is 5.38. The molecule has 0 spiro atoms. The summed E-state index contributed by atoms with van der Waals surface area (Å²) < 4.78 is 1.85. The highest BCUT2D eigenvalue weighted by atomic mass is 16.2. The van der Waals surface area contributed by atoms with E-state index >= 15 is 0 Å². The van der Waals surface area contributed by atoms with E-state index < -0.39 is 5.92 Å². The van der Waals surface area contributed by atoms with E-state index in [-0.39, 0.29) is 11.5 Å². The van der Waals surface area contributed by atoms with Gasteiger partial charge >= 0.3 is 0 Å². The Bertz CT molecular complexity index is 912. The number of aromatic nitrogens is 4. The van der Waals surface area contributed by atoms with Gasteiger partial charge in [-0.15, -0.1) is 0 Å². The standard InChI is InChI=1S/C16H17N5O2/c1-10(15(22)18-9-13-17-7-8-21(13)2)14-11-5-3-4-6-12(11)16(23)20-19-14/h3-8,10H,9H2,1-2H3,(H,18,22)(H,20,23). The van der Waals surface area contributed by atoms with Crippen LogP contribution in [0.15, 0.2) is 41.5 Å². The van der Waals surface area contributed by atoms with Crippen LogP contribution >= 0.6 is 0 Å². The van der Waals surface area contributed by atoms with Crippen LogP contribution in [0, 0.1) is 0 Å². The van der Waals surface area contributed by atoms with Crippen LogP contribution in [-0.4, -0.2) is 25.7 Å². The maximum absolute atomic E-state index is 12.4. The van der Waals surface area contributed by atoms with Crippen molar-refractivity contribution in [2.45, 2.75) is 19.4 Å². The van der Waals surface area contributed by atoms with Crippen LogP contribution in [0.5, 0.6) is 0 Å². The Hall–Kier alpha value is -2.96. The zero-order chi connectivity index (χ0) is 16.4. The van der Waals surface area contributed by atoms with Gasteiger partial charge in [-0.25, -0.2) is 10.1 Å². The summed E-state index contributed by atoms with van der Waals surface area (Å²) in [6.07, 6.45) is 3.50. The molecule has 2 heterocycles. The van der Waals surface area contributed by atoms with Gasteiger partial charge in [0.15, 0.2) is 0 Å². The maximum Gasteiger partial charge on any atom is 0.272 e. The Morgan fingerprint density at radius 3 is 2.78 bits per heavy atom. The zero-order valence-electron chi connectivity index (χ0n) is 12.9. The number of rotatable bonds is 4. The highest BCUT2D eigenvalue weighted by molar-refractivity contribution is 5.90. The molecule has 1 unspecified atom stereocenters. The Morgan fingerprint density at radius 2 is 2.09 bits per heavy atom. The van der Waals surface area contributed by atoms with Crippen LogP contribution in [0.25, 0.3) is 10.8 Å². The number of aryl methyl sites for hydroxylation is 1. The summed E-state index contributed by atoms with van der Waals surface area (Å²) in [5.41, 5.74) is 0.294. The molecule has 118 valence electrons. The summed E-state index contributed by atoms with van der Waals surface area (Å²) in [5, 5.41) is 10.6. The molecule has 2 N–H and O–H groups in total. The number of nitrogens with zero attached hydrogens (tertiary/aromatic N) is 3. The third-order valence-corrected chi connectivity index (χ3v) is 3.87. The summed E-state index contributed by atoms with van der Waals surface area (Å²) in [4.78, 5) is 28.4. The van der Waals surface area contributed by atoms with E-state index in [2.05, 4.69) is 20.5 Å². The molecule has 7 heteroatoms. The first-order valence-corrected chi connectivity index (χ1v) is 7.29. The quantitative estimate of drug-likeness (QED) is 0.754. The molecule has 0 aliphatic heterocycles. The molecule has 0 fully saturated rings. The van der Waals surface area contributed by atoms with E-state index in [1.807, 2.05) is 23.9 Å². The first-order valence-electron chi connectivity index (χ1n) is 7.29. The number of benzene rings is 1. The lowest BCUT2D eigenvalue weighted by molar-refractivity contribution is -0.122. The lowest BCUT2D eigenvalue weighted by atomic mass is 10.0. The van der Waals surface area contributed by atoms with Crippen molar-refractivity contribution in [3.05, 3.63) is 58.5 Å². The van der Waals surface area contributed by atoms with Gasteiger partial charge in [0.2, 0.25) is 5.91 Å². The minimum atomic E-state index is -0.489. The molecule has 0 bridgehead atoms. The van der Waals surface area contributed by atoms with Crippen LogP contribution in [0.3, 0.4) is 0 Å². The van der Waals surface area contributed by atoms with E-state index in [4.69, 9.17) is 0 Å². The average Bonchev–Trinajstić information content (AvgIpc) is 2.98. The minimum absolute atomic E-state index is 0.169. The fourth-order valence-corrected chi connectivity index (χ4v) is 2.48. The molecule has 1 atom stereocenters. The SMILES string of the molecule is CC(C(=O)NCc1nccn1C)c1n[nH]c(=O)c2ccccc12. The van der Waals surface area contributed by atoms with Crippen molar-refractivity contribution in [2.24, 2.45) is 7.05 Å². The summed E-state index contributed by atoms with van der Waals surface area (Å²) in [6, 6.07) is 7.13. The van der Waals surface area contributed by atoms with Gasteiger partial charge in [-0.2, -0.15) is 5.10 Å². The van der Waals surface area contributed by atoms with Crippen LogP contribution < -0.4 is 10.9 Å². The predicted octanol–water partition coefficient (Wildman–Crippen LogP) is 1.08. The van der Waals surface area contributed by atoms with Gasteiger partial charge in [0, 0.05) is 24.8 Å². The van der Waals surface area contributed by atoms with Gasteiger partial charge in [-0.05, 0) is 13.0 Å². The topological polar surface area (TPSA) is 92.7 Å². The Balaban J connectivity index is 1.84. The van der Waals surface area contributed by atoms with E-state index in [1.54, 1.807) is 31.3 Å². The lowest BCUT2D eigenvalue weighted by Crippen LogP contribution is -2.29. The van der Waals surface area contributed by atoms with Gasteiger partial charge in [-0.1, -0.05) is 18.2 Å². The van der Waals surface area contributed by atoms with Crippen molar-refractivity contribution in [1.29, 1.82) is 0 Å². The van der Waals surface area contributed by atoms with Crippen molar-refractivity contribution in [3.8, 4) is 0 Å². The molecule has 3 rings (SSSR count). The number of carbonyl (C=O) groups is 1. The summed E-state index contributed by atoms with van der Waals surface area (Å²) >= 11 is 0. The Labute approximate surface area is 132 Å². The van der Waals surface area contributed by atoms with E-state index in [9.17, 15) is 9.59 Å². The van der Waals surface area contributed by atoms with Crippen LogP contribution in [-0.2, 0) is 18.4 Å². The molecule has 23 heavy (non-hydrogen) atoms. The van der Waals surface area contributed by atoms with Crippen LogP contribution in [0.4, 0.5) is 0 Å². The van der Waals surface area contributed by atoms with Crippen LogP contribution in [0.1, 0.15) is 24.4 Å². The van der Waals surface area contributed by atoms with E-state index in [0.29, 0.717) is 23.0 Å². The second kappa shape index (κ2) is 6.04.